The third-order valence-corrected chi connectivity index (χ3v) is 4.85. The number of carbonyl (C=O) groups is 2. The van der Waals surface area contributed by atoms with Gasteiger partial charge in [-0.3, -0.25) is 19.8 Å². The van der Waals surface area contributed by atoms with Crippen LogP contribution in [-0.4, -0.2) is 29.8 Å². The molecule has 0 spiro atoms. The molecule has 0 bridgehead atoms. The zero-order valence-corrected chi connectivity index (χ0v) is 14.5. The molecule has 1 fully saturated rings. The van der Waals surface area contributed by atoms with Gasteiger partial charge in [-0.2, -0.15) is 0 Å². The zero-order valence-electron chi connectivity index (χ0n) is 14.5. The third-order valence-electron chi connectivity index (χ3n) is 4.85. The molecule has 2 aliphatic heterocycles. The first-order chi connectivity index (χ1) is 12.7. The Labute approximate surface area is 152 Å². The van der Waals surface area contributed by atoms with Crippen LogP contribution in [0, 0.1) is 0 Å². The van der Waals surface area contributed by atoms with Gasteiger partial charge in [0.05, 0.1) is 5.57 Å². The van der Waals surface area contributed by atoms with Crippen LogP contribution in [0.25, 0.3) is 5.57 Å². The molecule has 0 saturated carbocycles. The highest BCUT2D eigenvalue weighted by atomic mass is 16.2. The number of fused-ring (bicyclic) bond motifs is 1. The maximum atomic E-state index is 12.2. The van der Waals surface area contributed by atoms with Crippen LogP contribution in [0.15, 0.2) is 54.7 Å². The molecule has 2 N–H and O–H groups in total. The third kappa shape index (κ3) is 3.39. The monoisotopic (exact) mass is 347 g/mol. The molecule has 0 unspecified atom stereocenters. The smallest absolute Gasteiger partial charge is 0.260 e. The lowest BCUT2D eigenvalue weighted by Crippen LogP contribution is -2.36. The molecule has 132 valence electrons. The highest BCUT2D eigenvalue weighted by molar-refractivity contribution is 6.31. The van der Waals surface area contributed by atoms with Crippen molar-refractivity contribution in [2.75, 3.05) is 18.4 Å². The largest absolute Gasteiger partial charge is 0.361 e. The number of nitrogens with zero attached hydrogens (tertiary/aromatic N) is 1. The van der Waals surface area contributed by atoms with Gasteiger partial charge >= 0.3 is 0 Å². The molecule has 5 heteroatoms. The Bertz CT molecular complexity index is 882. The topological polar surface area (TPSA) is 61.4 Å². The van der Waals surface area contributed by atoms with Crippen molar-refractivity contribution in [3.63, 3.8) is 0 Å². The van der Waals surface area contributed by atoms with Crippen molar-refractivity contribution >= 4 is 23.1 Å². The highest BCUT2D eigenvalue weighted by Gasteiger charge is 2.26. The van der Waals surface area contributed by atoms with E-state index in [4.69, 9.17) is 0 Å². The van der Waals surface area contributed by atoms with Gasteiger partial charge in [-0.15, -0.1) is 0 Å². The van der Waals surface area contributed by atoms with Crippen LogP contribution in [-0.2, 0) is 11.3 Å². The van der Waals surface area contributed by atoms with E-state index in [0.717, 1.165) is 25.3 Å². The van der Waals surface area contributed by atoms with Crippen molar-refractivity contribution in [2.45, 2.75) is 19.4 Å². The van der Waals surface area contributed by atoms with E-state index in [1.807, 2.05) is 18.2 Å². The minimum Gasteiger partial charge on any atom is -0.361 e. The number of nitrogens with one attached hydrogen (secondary N) is 2. The van der Waals surface area contributed by atoms with Crippen LogP contribution in [0.5, 0.6) is 0 Å². The molecule has 2 aromatic rings. The molecule has 2 heterocycles. The molecule has 0 radical (unpaired) electrons. The number of hydrogen-bond acceptors (Lipinski definition) is 4. The van der Waals surface area contributed by atoms with E-state index in [1.165, 1.54) is 18.4 Å². The number of rotatable bonds is 4. The summed E-state index contributed by atoms with van der Waals surface area (Å²) in [6.07, 6.45) is 4.23. The van der Waals surface area contributed by atoms with Crippen molar-refractivity contribution in [1.29, 1.82) is 0 Å². The Morgan fingerprint density at radius 3 is 2.54 bits per heavy atom. The van der Waals surface area contributed by atoms with Crippen LogP contribution in [0.4, 0.5) is 5.69 Å². The highest BCUT2D eigenvalue weighted by Crippen LogP contribution is 2.24. The Balaban J connectivity index is 1.55. The Hall–Kier alpha value is -2.92. The van der Waals surface area contributed by atoms with Crippen molar-refractivity contribution in [3.05, 3.63) is 71.4 Å². The van der Waals surface area contributed by atoms with Crippen LogP contribution < -0.4 is 10.6 Å². The molecule has 26 heavy (non-hydrogen) atoms. The number of likely N-dealkylation sites (tertiary alicyclic amines) is 1. The number of benzene rings is 2. The number of imide groups is 1. The van der Waals surface area contributed by atoms with Gasteiger partial charge in [-0.05, 0) is 49.7 Å². The molecule has 0 atom stereocenters. The van der Waals surface area contributed by atoms with Crippen LogP contribution in [0.3, 0.4) is 0 Å². The second-order valence-electron chi connectivity index (χ2n) is 6.71. The summed E-state index contributed by atoms with van der Waals surface area (Å²) in [6, 6.07) is 15.4. The molecular weight excluding hydrogens is 326 g/mol. The van der Waals surface area contributed by atoms with Crippen molar-refractivity contribution < 1.29 is 9.59 Å². The van der Waals surface area contributed by atoms with Crippen molar-refractivity contribution in [1.82, 2.24) is 10.2 Å². The number of hydrogen-bond donors (Lipinski definition) is 2. The van der Waals surface area contributed by atoms with Gasteiger partial charge < -0.3 is 5.32 Å². The van der Waals surface area contributed by atoms with E-state index in [0.29, 0.717) is 16.7 Å². The van der Waals surface area contributed by atoms with Crippen molar-refractivity contribution in [2.24, 2.45) is 0 Å². The maximum absolute atomic E-state index is 12.2. The standard InChI is InChI=1S/C21H21N3O2/c25-20-18-9-2-1-8-17(18)19(21(26)23-20)13-22-16-7-5-6-15(12-16)14-24-10-3-4-11-24/h1-2,5-9,12-13,22H,3-4,10-11,14H2,(H,23,25,26)/b19-13-. The Morgan fingerprint density at radius 1 is 0.962 bits per heavy atom. The van der Waals surface area contributed by atoms with E-state index in [2.05, 4.69) is 27.7 Å². The Kier molecular flexibility index (Phi) is 4.54. The summed E-state index contributed by atoms with van der Waals surface area (Å²) >= 11 is 0. The van der Waals surface area contributed by atoms with E-state index in [-0.39, 0.29) is 11.8 Å². The van der Waals surface area contributed by atoms with Gasteiger partial charge in [0.15, 0.2) is 0 Å². The molecule has 2 amide bonds. The van der Waals surface area contributed by atoms with Crippen LogP contribution >= 0.6 is 0 Å². The SMILES string of the molecule is O=C1NC(=O)c2ccccc2/C1=C/Nc1cccc(CN2CCCC2)c1. The normalized spacial score (nSPS) is 18.7. The number of carbonyl (C=O) groups excluding carboxylic acids is 2. The summed E-state index contributed by atoms with van der Waals surface area (Å²) in [5, 5.41) is 5.60. The summed E-state index contributed by atoms with van der Waals surface area (Å²) in [6.45, 7) is 3.27. The second kappa shape index (κ2) is 7.14. The van der Waals surface area contributed by atoms with Gasteiger partial charge in [-0.1, -0.05) is 30.3 Å². The number of amides is 2. The second-order valence-corrected chi connectivity index (χ2v) is 6.71. The molecule has 2 aliphatic rings. The molecule has 4 rings (SSSR count). The predicted octanol–water partition coefficient (Wildman–Crippen LogP) is 3.01. The van der Waals surface area contributed by atoms with Crippen LogP contribution in [0.2, 0.25) is 0 Å². The summed E-state index contributed by atoms with van der Waals surface area (Å²) in [5.41, 5.74) is 3.81. The molecule has 0 aliphatic carbocycles. The first kappa shape index (κ1) is 16.5. The summed E-state index contributed by atoms with van der Waals surface area (Å²) in [7, 11) is 0. The van der Waals surface area contributed by atoms with E-state index in [1.54, 1.807) is 24.4 Å². The first-order valence-corrected chi connectivity index (χ1v) is 8.94. The first-order valence-electron chi connectivity index (χ1n) is 8.94. The summed E-state index contributed by atoms with van der Waals surface area (Å²) in [5.74, 6) is -0.732. The molecule has 1 saturated heterocycles. The average molecular weight is 347 g/mol. The zero-order chi connectivity index (χ0) is 17.9. The van der Waals surface area contributed by atoms with E-state index < -0.39 is 0 Å². The average Bonchev–Trinajstić information content (AvgIpc) is 3.15. The van der Waals surface area contributed by atoms with Gasteiger partial charge in [0.1, 0.15) is 0 Å². The van der Waals surface area contributed by atoms with E-state index in [9.17, 15) is 9.59 Å². The minimum absolute atomic E-state index is 0.352. The summed E-state index contributed by atoms with van der Waals surface area (Å²) < 4.78 is 0. The van der Waals surface area contributed by atoms with Gasteiger partial charge in [0.2, 0.25) is 0 Å². The lowest BCUT2D eigenvalue weighted by molar-refractivity contribution is -0.114. The molecule has 2 aromatic carbocycles. The fraction of sp³-hybridized carbons (Fsp3) is 0.238. The maximum Gasteiger partial charge on any atom is 0.260 e. The quantitative estimate of drug-likeness (QED) is 0.659. The fourth-order valence-corrected chi connectivity index (χ4v) is 3.53. The predicted molar refractivity (Wildman–Crippen MR) is 101 cm³/mol. The van der Waals surface area contributed by atoms with Gasteiger partial charge in [0.25, 0.3) is 11.8 Å². The molecule has 0 aromatic heterocycles. The van der Waals surface area contributed by atoms with E-state index >= 15 is 0 Å². The van der Waals surface area contributed by atoms with Crippen LogP contribution in [0.1, 0.15) is 34.3 Å². The summed E-state index contributed by atoms with van der Waals surface area (Å²) in [4.78, 5) is 26.6. The molecule has 5 nitrogen and oxygen atoms in total. The lowest BCUT2D eigenvalue weighted by Gasteiger charge is -2.18. The minimum atomic E-state index is -0.380. The molecular formula is C21H21N3O2. The van der Waals surface area contributed by atoms with Gasteiger partial charge in [0, 0.05) is 29.6 Å². The Morgan fingerprint density at radius 2 is 1.73 bits per heavy atom. The fourth-order valence-electron chi connectivity index (χ4n) is 3.53. The lowest BCUT2D eigenvalue weighted by atomic mass is 9.96. The number of anilines is 1. The van der Waals surface area contributed by atoms with Gasteiger partial charge in [-0.25, -0.2) is 0 Å². The van der Waals surface area contributed by atoms with Crippen molar-refractivity contribution in [3.8, 4) is 0 Å².